The van der Waals surface area contributed by atoms with Gasteiger partial charge in [-0.05, 0) is 58.7 Å². The van der Waals surface area contributed by atoms with Crippen LogP contribution in [0.5, 0.6) is 0 Å². The molecular weight excluding hydrogens is 438 g/mol. The molecule has 2 aromatic carbocycles. The second-order valence-electron chi connectivity index (χ2n) is 8.91. The SMILES string of the molecule is Cc1cccc(CN(C(=O)CN(c2ccc(C)cc2C)S(C)(=O)=O)[C@H](C)C(=O)NC(C)C)c1. The van der Waals surface area contributed by atoms with Gasteiger partial charge in [-0.3, -0.25) is 13.9 Å². The van der Waals surface area contributed by atoms with Gasteiger partial charge in [-0.2, -0.15) is 0 Å². The standard InChI is InChI=1S/C25H35N3O4S/c1-17(2)26-25(30)21(6)27(15-22-10-8-9-18(3)14-22)24(29)16-28(33(7,31)32)23-12-11-19(4)13-20(23)5/h8-14,17,21H,15-16H2,1-7H3,(H,26,30)/t21-/m1/s1. The van der Waals surface area contributed by atoms with Gasteiger partial charge in [0.2, 0.25) is 21.8 Å². The van der Waals surface area contributed by atoms with Crippen molar-refractivity contribution in [2.75, 3.05) is 17.1 Å². The molecule has 1 N–H and O–H groups in total. The van der Waals surface area contributed by atoms with Crippen LogP contribution in [0.1, 0.15) is 43.0 Å². The molecule has 7 nitrogen and oxygen atoms in total. The molecule has 180 valence electrons. The molecule has 0 aromatic heterocycles. The van der Waals surface area contributed by atoms with Gasteiger partial charge in [0.05, 0.1) is 11.9 Å². The van der Waals surface area contributed by atoms with Gasteiger partial charge in [0, 0.05) is 12.6 Å². The summed E-state index contributed by atoms with van der Waals surface area (Å²) in [6.45, 7) is 10.8. The fourth-order valence-corrected chi connectivity index (χ4v) is 4.58. The van der Waals surface area contributed by atoms with Gasteiger partial charge in [0.25, 0.3) is 0 Å². The van der Waals surface area contributed by atoms with E-state index in [2.05, 4.69) is 5.32 Å². The van der Waals surface area contributed by atoms with E-state index in [0.717, 1.165) is 32.8 Å². The minimum Gasteiger partial charge on any atom is -0.352 e. The van der Waals surface area contributed by atoms with Gasteiger partial charge >= 0.3 is 0 Å². The Morgan fingerprint density at radius 1 is 0.970 bits per heavy atom. The summed E-state index contributed by atoms with van der Waals surface area (Å²) in [5.41, 5.74) is 4.10. The molecule has 0 spiro atoms. The number of rotatable bonds is 9. The lowest BCUT2D eigenvalue weighted by molar-refractivity contribution is -0.139. The molecule has 2 aromatic rings. The Morgan fingerprint density at radius 3 is 2.15 bits per heavy atom. The molecule has 0 fully saturated rings. The lowest BCUT2D eigenvalue weighted by Gasteiger charge is -2.32. The molecule has 2 rings (SSSR count). The van der Waals surface area contributed by atoms with Gasteiger partial charge < -0.3 is 10.2 Å². The first-order chi connectivity index (χ1) is 15.3. The maximum absolute atomic E-state index is 13.5. The van der Waals surface area contributed by atoms with Crippen LogP contribution in [-0.2, 0) is 26.2 Å². The monoisotopic (exact) mass is 473 g/mol. The van der Waals surface area contributed by atoms with Crippen molar-refractivity contribution in [2.45, 2.75) is 60.2 Å². The summed E-state index contributed by atoms with van der Waals surface area (Å²) in [5, 5.41) is 2.84. The Morgan fingerprint density at radius 2 is 1.61 bits per heavy atom. The summed E-state index contributed by atoms with van der Waals surface area (Å²) >= 11 is 0. The maximum Gasteiger partial charge on any atom is 0.244 e. The Bertz CT molecular complexity index is 1110. The van der Waals surface area contributed by atoms with Crippen molar-refractivity contribution in [3.8, 4) is 0 Å². The van der Waals surface area contributed by atoms with Crippen LogP contribution in [0, 0.1) is 20.8 Å². The van der Waals surface area contributed by atoms with Gasteiger partial charge in [0.15, 0.2) is 0 Å². The van der Waals surface area contributed by atoms with E-state index >= 15 is 0 Å². The van der Waals surface area contributed by atoms with Crippen molar-refractivity contribution in [1.29, 1.82) is 0 Å². The highest BCUT2D eigenvalue weighted by Crippen LogP contribution is 2.24. The molecule has 0 saturated carbocycles. The number of nitrogens with zero attached hydrogens (tertiary/aromatic N) is 2. The minimum atomic E-state index is -3.74. The number of anilines is 1. The summed E-state index contributed by atoms with van der Waals surface area (Å²) < 4.78 is 26.4. The highest BCUT2D eigenvalue weighted by Gasteiger charge is 2.30. The number of hydrogen-bond acceptors (Lipinski definition) is 4. The Labute approximate surface area is 197 Å². The fourth-order valence-electron chi connectivity index (χ4n) is 3.67. The minimum absolute atomic E-state index is 0.0846. The largest absolute Gasteiger partial charge is 0.352 e. The van der Waals surface area contributed by atoms with E-state index in [4.69, 9.17) is 0 Å². The molecule has 0 heterocycles. The Hall–Kier alpha value is -2.87. The van der Waals surface area contributed by atoms with Crippen molar-refractivity contribution in [1.82, 2.24) is 10.2 Å². The molecule has 2 amide bonds. The number of nitrogens with one attached hydrogen (secondary N) is 1. The zero-order chi connectivity index (χ0) is 24.9. The van der Waals surface area contributed by atoms with Gasteiger partial charge in [0.1, 0.15) is 12.6 Å². The highest BCUT2D eigenvalue weighted by atomic mass is 32.2. The molecule has 8 heteroatoms. The second kappa shape index (κ2) is 10.8. The Balaban J connectivity index is 2.42. The summed E-state index contributed by atoms with van der Waals surface area (Å²) in [5.74, 6) is -0.739. The third-order valence-electron chi connectivity index (χ3n) is 5.33. The van der Waals surface area contributed by atoms with E-state index in [0.29, 0.717) is 5.69 Å². The lowest BCUT2D eigenvalue weighted by Crippen LogP contribution is -2.52. The van der Waals surface area contributed by atoms with E-state index in [-0.39, 0.29) is 18.5 Å². The van der Waals surface area contributed by atoms with Gasteiger partial charge in [-0.15, -0.1) is 0 Å². The van der Waals surface area contributed by atoms with Crippen LogP contribution < -0.4 is 9.62 Å². The van der Waals surface area contributed by atoms with E-state index in [9.17, 15) is 18.0 Å². The van der Waals surface area contributed by atoms with Crippen LogP contribution in [0.25, 0.3) is 0 Å². The van der Waals surface area contributed by atoms with Crippen molar-refractivity contribution in [3.05, 3.63) is 64.7 Å². The van der Waals surface area contributed by atoms with Gasteiger partial charge in [-0.25, -0.2) is 8.42 Å². The van der Waals surface area contributed by atoms with Crippen LogP contribution in [0.15, 0.2) is 42.5 Å². The van der Waals surface area contributed by atoms with Crippen molar-refractivity contribution < 1.29 is 18.0 Å². The average molecular weight is 474 g/mol. The Kier molecular flexibility index (Phi) is 8.66. The number of sulfonamides is 1. The van der Waals surface area contributed by atoms with E-state index in [1.165, 1.54) is 4.90 Å². The summed E-state index contributed by atoms with van der Waals surface area (Å²) in [6.07, 6.45) is 1.08. The average Bonchev–Trinajstić information content (AvgIpc) is 2.69. The zero-order valence-electron chi connectivity index (χ0n) is 20.5. The number of amides is 2. The van der Waals surface area contributed by atoms with Gasteiger partial charge in [-0.1, -0.05) is 47.5 Å². The lowest BCUT2D eigenvalue weighted by atomic mass is 10.1. The molecule has 0 bridgehead atoms. The van der Waals surface area contributed by atoms with E-state index in [1.807, 2.05) is 71.0 Å². The smallest absolute Gasteiger partial charge is 0.244 e. The highest BCUT2D eigenvalue weighted by molar-refractivity contribution is 7.92. The van der Waals surface area contributed by atoms with Crippen molar-refractivity contribution >= 4 is 27.5 Å². The number of carbonyl (C=O) groups excluding carboxylic acids is 2. The third-order valence-corrected chi connectivity index (χ3v) is 6.46. The summed E-state index contributed by atoms with van der Waals surface area (Å²) in [7, 11) is -3.74. The molecule has 33 heavy (non-hydrogen) atoms. The van der Waals surface area contributed by atoms with E-state index in [1.54, 1.807) is 13.0 Å². The fraction of sp³-hybridized carbons (Fsp3) is 0.440. The topological polar surface area (TPSA) is 86.8 Å². The van der Waals surface area contributed by atoms with Crippen LogP contribution in [0.2, 0.25) is 0 Å². The summed E-state index contributed by atoms with van der Waals surface area (Å²) in [4.78, 5) is 27.7. The van der Waals surface area contributed by atoms with Crippen LogP contribution in [-0.4, -0.2) is 50.0 Å². The number of hydrogen-bond donors (Lipinski definition) is 1. The van der Waals surface area contributed by atoms with Crippen LogP contribution in [0.4, 0.5) is 5.69 Å². The first kappa shape index (κ1) is 26.4. The summed E-state index contributed by atoms with van der Waals surface area (Å²) in [6, 6.07) is 12.2. The van der Waals surface area contributed by atoms with Crippen molar-refractivity contribution in [3.63, 3.8) is 0 Å². The quantitative estimate of drug-likeness (QED) is 0.605. The maximum atomic E-state index is 13.5. The predicted molar refractivity (Wildman–Crippen MR) is 133 cm³/mol. The molecule has 0 aliphatic heterocycles. The first-order valence-corrected chi connectivity index (χ1v) is 12.8. The van der Waals surface area contributed by atoms with E-state index < -0.39 is 28.5 Å². The van der Waals surface area contributed by atoms with Crippen LogP contribution in [0.3, 0.4) is 0 Å². The molecule has 0 unspecified atom stereocenters. The number of benzene rings is 2. The first-order valence-electron chi connectivity index (χ1n) is 11.0. The molecule has 0 radical (unpaired) electrons. The third kappa shape index (κ3) is 7.32. The van der Waals surface area contributed by atoms with Crippen molar-refractivity contribution in [2.24, 2.45) is 0 Å². The molecule has 1 atom stereocenters. The normalized spacial score (nSPS) is 12.4. The molecule has 0 aliphatic carbocycles. The second-order valence-corrected chi connectivity index (χ2v) is 10.8. The zero-order valence-corrected chi connectivity index (χ0v) is 21.4. The molecular formula is C25H35N3O4S. The predicted octanol–water partition coefficient (Wildman–Crippen LogP) is 3.32. The number of carbonyl (C=O) groups is 2. The van der Waals surface area contributed by atoms with Crippen LogP contribution >= 0.6 is 0 Å². The number of aryl methyl sites for hydroxylation is 3. The molecule has 0 saturated heterocycles. The molecule has 0 aliphatic rings.